The zero-order valence-corrected chi connectivity index (χ0v) is 25.3. The lowest BCUT2D eigenvalue weighted by Crippen LogP contribution is -2.41. The minimum atomic E-state index is -4.84. The van der Waals surface area contributed by atoms with Gasteiger partial charge in [-0.1, -0.05) is 40.9 Å². The number of rotatable bonds is 7. The lowest BCUT2D eigenvalue weighted by atomic mass is 9.76. The third-order valence-corrected chi connectivity index (χ3v) is 8.47. The predicted octanol–water partition coefficient (Wildman–Crippen LogP) is 6.88. The van der Waals surface area contributed by atoms with Crippen molar-refractivity contribution in [3.05, 3.63) is 63.1 Å². The van der Waals surface area contributed by atoms with Crippen LogP contribution in [0.1, 0.15) is 37.9 Å². The van der Waals surface area contributed by atoms with E-state index in [1.54, 1.807) is 6.92 Å². The van der Waals surface area contributed by atoms with E-state index in [1.165, 1.54) is 42.5 Å². The van der Waals surface area contributed by atoms with Gasteiger partial charge in [0.15, 0.2) is 0 Å². The molecular weight excluding hydrogens is 630 g/mol. The number of nitrogens with one attached hydrogen (secondary N) is 1. The van der Waals surface area contributed by atoms with E-state index < -0.39 is 12.3 Å². The average Bonchev–Trinajstić information content (AvgIpc) is 3.34. The maximum atomic E-state index is 14.6. The lowest BCUT2D eigenvalue weighted by Gasteiger charge is -2.39. The van der Waals surface area contributed by atoms with Crippen LogP contribution in [0.5, 0.6) is 5.88 Å². The summed E-state index contributed by atoms with van der Waals surface area (Å²) in [4.78, 5) is 22.4. The third-order valence-electron chi connectivity index (χ3n) is 7.79. The molecule has 3 aromatic rings. The molecule has 3 heterocycles. The van der Waals surface area contributed by atoms with Crippen LogP contribution in [0.15, 0.2) is 42.5 Å². The number of carbonyl (C=O) groups is 1. The molecule has 8 nitrogen and oxygen atoms in total. The van der Waals surface area contributed by atoms with Crippen LogP contribution >= 0.6 is 34.8 Å². The van der Waals surface area contributed by atoms with E-state index in [2.05, 4.69) is 15.3 Å². The largest absolute Gasteiger partial charge is 0.465 e. The van der Waals surface area contributed by atoms with Crippen LogP contribution in [0.2, 0.25) is 15.1 Å². The Balaban J connectivity index is 1.39. The van der Waals surface area contributed by atoms with Crippen molar-refractivity contribution in [1.29, 1.82) is 0 Å². The first-order valence-corrected chi connectivity index (χ1v) is 14.8. The maximum absolute atomic E-state index is 14.6. The van der Waals surface area contributed by atoms with Gasteiger partial charge < -0.3 is 25.4 Å². The van der Waals surface area contributed by atoms with Crippen molar-refractivity contribution in [2.24, 2.45) is 5.41 Å². The molecule has 2 aliphatic heterocycles. The first-order chi connectivity index (χ1) is 20.4. The number of carbonyl (C=O) groups excluding carboxylic acids is 1. The summed E-state index contributed by atoms with van der Waals surface area (Å²) in [6, 6.07) is 9.47. The number of nitrogens with zero attached hydrogens (tertiary/aromatic N) is 3. The molecule has 2 aromatic carbocycles. The van der Waals surface area contributed by atoms with Crippen LogP contribution in [-0.4, -0.2) is 54.4 Å². The van der Waals surface area contributed by atoms with E-state index in [4.69, 9.17) is 50.0 Å². The average molecular weight is 659 g/mol. The molecule has 1 spiro atoms. The minimum absolute atomic E-state index is 0.0819. The third kappa shape index (κ3) is 7.22. The number of aromatic nitrogens is 2. The molecule has 0 aliphatic carbocycles. The number of hydrogen-bond acceptors (Lipinski definition) is 8. The number of esters is 1. The first kappa shape index (κ1) is 31.4. The van der Waals surface area contributed by atoms with Gasteiger partial charge in [0.05, 0.1) is 6.61 Å². The molecule has 14 heteroatoms. The van der Waals surface area contributed by atoms with E-state index in [0.717, 1.165) is 12.8 Å². The van der Waals surface area contributed by atoms with Crippen LogP contribution in [0, 0.1) is 5.41 Å². The monoisotopic (exact) mass is 657 g/mol. The summed E-state index contributed by atoms with van der Waals surface area (Å²) < 4.78 is 54.4. The van der Waals surface area contributed by atoms with E-state index >= 15 is 0 Å². The summed E-state index contributed by atoms with van der Waals surface area (Å²) in [6.45, 7) is 3.90. The molecule has 2 aliphatic rings. The summed E-state index contributed by atoms with van der Waals surface area (Å²) in [5, 5.41) is 3.98. The number of ether oxygens (including phenoxy) is 2. The normalized spacial score (nSPS) is 19.0. The van der Waals surface area contributed by atoms with Crippen molar-refractivity contribution in [3.63, 3.8) is 0 Å². The molecule has 3 N–H and O–H groups in total. The molecular formula is C29H29Cl3F3N5O3. The van der Waals surface area contributed by atoms with Crippen molar-refractivity contribution in [3.8, 4) is 17.0 Å². The fourth-order valence-electron chi connectivity index (χ4n) is 5.71. The Morgan fingerprint density at radius 3 is 2.44 bits per heavy atom. The van der Waals surface area contributed by atoms with Crippen molar-refractivity contribution >= 4 is 52.5 Å². The van der Waals surface area contributed by atoms with Gasteiger partial charge in [-0.05, 0) is 73.1 Å². The summed E-state index contributed by atoms with van der Waals surface area (Å²) in [7, 11) is 0. The Morgan fingerprint density at radius 2 is 1.79 bits per heavy atom. The molecule has 0 unspecified atom stereocenters. The van der Waals surface area contributed by atoms with Crippen LogP contribution in [0.3, 0.4) is 0 Å². The number of piperidine rings is 1. The van der Waals surface area contributed by atoms with Gasteiger partial charge in [0.1, 0.15) is 11.9 Å². The van der Waals surface area contributed by atoms with Crippen molar-refractivity contribution in [1.82, 2.24) is 15.3 Å². The molecule has 0 bridgehead atoms. The van der Waals surface area contributed by atoms with Crippen LogP contribution in [0.25, 0.3) is 11.1 Å². The molecule has 2 saturated heterocycles. The molecule has 2 fully saturated rings. The van der Waals surface area contributed by atoms with Crippen molar-refractivity contribution < 1.29 is 27.4 Å². The van der Waals surface area contributed by atoms with Crippen molar-refractivity contribution in [2.45, 2.75) is 44.5 Å². The minimum Gasteiger partial charge on any atom is -0.465 e. The highest BCUT2D eigenvalue weighted by molar-refractivity contribution is 6.35. The number of hydrogen-bond donors (Lipinski definition) is 2. The number of halogens is 6. The zero-order chi connectivity index (χ0) is 30.9. The molecule has 1 aromatic heterocycles. The molecule has 0 radical (unpaired) electrons. The SMILES string of the molecule is CCOC(=O)[C@@H]1CC2(CCN(c3cc(O[C@H](c4ccc(Cl)cc4-c4cc(Cl)cc(Cl)c4)C(F)(F)F)nc(N)n3)CC2)CN1. The fraction of sp³-hybridized carbons (Fsp3) is 0.414. The Labute approximate surface area is 261 Å². The molecule has 230 valence electrons. The van der Waals surface area contributed by atoms with Crippen molar-refractivity contribution in [2.75, 3.05) is 36.9 Å². The van der Waals surface area contributed by atoms with Gasteiger partial charge >= 0.3 is 12.1 Å². The van der Waals surface area contributed by atoms with E-state index in [0.29, 0.717) is 44.0 Å². The fourth-order valence-corrected chi connectivity index (χ4v) is 6.41. The maximum Gasteiger partial charge on any atom is 0.429 e. The van der Waals surface area contributed by atoms with E-state index in [1.807, 2.05) is 4.90 Å². The smallest absolute Gasteiger partial charge is 0.429 e. The van der Waals surface area contributed by atoms with Gasteiger partial charge in [-0.3, -0.25) is 4.79 Å². The topological polar surface area (TPSA) is 103 Å². The molecule has 43 heavy (non-hydrogen) atoms. The Hall–Kier alpha value is -2.99. The highest BCUT2D eigenvalue weighted by Crippen LogP contribution is 2.44. The quantitative estimate of drug-likeness (QED) is 0.265. The zero-order valence-electron chi connectivity index (χ0n) is 23.1. The Kier molecular flexibility index (Phi) is 9.18. The number of anilines is 2. The molecule has 5 rings (SSSR count). The Bertz CT molecular complexity index is 1480. The second-order valence-corrected chi connectivity index (χ2v) is 12.0. The molecule has 2 atom stereocenters. The van der Waals surface area contributed by atoms with Gasteiger partial charge in [0.2, 0.25) is 17.9 Å². The number of nitrogen functional groups attached to an aromatic ring is 1. The van der Waals surface area contributed by atoms with Crippen LogP contribution in [-0.2, 0) is 9.53 Å². The van der Waals surface area contributed by atoms with Crippen LogP contribution < -0.4 is 20.7 Å². The number of alkyl halides is 3. The van der Waals surface area contributed by atoms with Gasteiger partial charge in [0, 0.05) is 46.3 Å². The second kappa shape index (κ2) is 12.6. The highest BCUT2D eigenvalue weighted by Gasteiger charge is 2.46. The van der Waals surface area contributed by atoms with Gasteiger partial charge in [-0.15, -0.1) is 0 Å². The van der Waals surface area contributed by atoms with Gasteiger partial charge in [0.25, 0.3) is 0 Å². The Morgan fingerprint density at radius 1 is 1.09 bits per heavy atom. The summed E-state index contributed by atoms with van der Waals surface area (Å²) in [5.74, 6) is -0.463. The summed E-state index contributed by atoms with van der Waals surface area (Å²) in [5.41, 5.74) is 6.13. The summed E-state index contributed by atoms with van der Waals surface area (Å²) >= 11 is 18.5. The highest BCUT2D eigenvalue weighted by atomic mass is 35.5. The molecule has 0 saturated carbocycles. The lowest BCUT2D eigenvalue weighted by molar-refractivity contribution is -0.198. The number of benzene rings is 2. The van der Waals surface area contributed by atoms with Gasteiger partial charge in [-0.2, -0.15) is 23.1 Å². The summed E-state index contributed by atoms with van der Waals surface area (Å²) in [6.07, 6.45) is -5.11. The predicted molar refractivity (Wildman–Crippen MR) is 160 cm³/mol. The van der Waals surface area contributed by atoms with Crippen LogP contribution in [0.4, 0.5) is 24.9 Å². The number of nitrogens with two attached hydrogens (primary N) is 1. The second-order valence-electron chi connectivity index (χ2n) is 10.7. The molecule has 0 amide bonds. The standard InChI is InChI=1S/C29H29Cl3F3N5O3/c1-2-42-26(41)22-14-28(15-37-22)5-7-40(8-6-28)23-13-24(39-27(36)38-23)43-25(29(33,34)35)20-4-3-17(30)12-21(20)16-9-18(31)11-19(32)10-16/h3-4,9-13,22,25,37H,2,5-8,14-15H2,1H3,(H2,36,38,39)/t22-,25+/m0/s1. The first-order valence-electron chi connectivity index (χ1n) is 13.6. The van der Waals surface area contributed by atoms with E-state index in [-0.39, 0.29) is 55.4 Å². The van der Waals surface area contributed by atoms with E-state index in [9.17, 15) is 18.0 Å². The van der Waals surface area contributed by atoms with Gasteiger partial charge in [-0.25, -0.2) is 0 Å².